The maximum absolute atomic E-state index is 13.3. The summed E-state index contributed by atoms with van der Waals surface area (Å²) in [6, 6.07) is 27.1. The Balaban J connectivity index is 1.42. The van der Waals surface area contributed by atoms with Crippen LogP contribution in [0.25, 0.3) is 11.1 Å². The molecule has 0 bridgehead atoms. The van der Waals surface area contributed by atoms with Gasteiger partial charge in [-0.3, -0.25) is 4.79 Å². The molecule has 6 nitrogen and oxygen atoms in total. The summed E-state index contributed by atoms with van der Waals surface area (Å²) in [4.78, 5) is 12.9. The molecule has 1 amide bonds. The van der Waals surface area contributed by atoms with Crippen LogP contribution in [0.4, 0.5) is 17.6 Å². The monoisotopic (exact) mass is 599 g/mol. The largest absolute Gasteiger partial charge is 0.534 e. The second-order valence-electron chi connectivity index (χ2n) is 9.95. The molecule has 0 saturated carbocycles. The maximum atomic E-state index is 13.3. The molecule has 1 fully saturated rings. The summed E-state index contributed by atoms with van der Waals surface area (Å²) in [6.45, 7) is 0. The Labute approximate surface area is 239 Å². The Bertz CT molecular complexity index is 1680. The highest BCUT2D eigenvalue weighted by Gasteiger charge is 2.55. The number of hydrogen-bond donors (Lipinski definition) is 2. The molecule has 1 aliphatic heterocycles. The molecule has 42 heavy (non-hydrogen) atoms. The van der Waals surface area contributed by atoms with E-state index in [1.165, 1.54) is 36.4 Å². The summed E-state index contributed by atoms with van der Waals surface area (Å²) in [5.74, 6) is -1.63. The highest BCUT2D eigenvalue weighted by Crippen LogP contribution is 2.47. The van der Waals surface area contributed by atoms with E-state index in [1.807, 2.05) is 30.3 Å². The molecule has 3 atom stereocenters. The Kier molecular flexibility index (Phi) is 7.82. The van der Waals surface area contributed by atoms with Crippen molar-refractivity contribution < 1.29 is 40.1 Å². The fourth-order valence-corrected chi connectivity index (χ4v) is 5.70. The van der Waals surface area contributed by atoms with E-state index in [4.69, 9.17) is 0 Å². The summed E-state index contributed by atoms with van der Waals surface area (Å²) in [7, 11) is -5.82. The molecule has 1 saturated heterocycles. The summed E-state index contributed by atoms with van der Waals surface area (Å²) in [5.41, 5.74) is -3.37. The number of rotatable bonds is 9. The third kappa shape index (κ3) is 5.62. The number of carbonyl (C=O) groups is 1. The Morgan fingerprint density at radius 3 is 2.12 bits per heavy atom. The lowest BCUT2D eigenvalue weighted by Gasteiger charge is -2.50. The van der Waals surface area contributed by atoms with Crippen LogP contribution in [0.15, 0.2) is 103 Å². The summed E-state index contributed by atoms with van der Waals surface area (Å²) in [5, 5.41) is 13.8. The highest BCUT2D eigenvalue weighted by molar-refractivity contribution is 7.88. The van der Waals surface area contributed by atoms with Crippen LogP contribution in [0.3, 0.4) is 0 Å². The van der Waals surface area contributed by atoms with E-state index >= 15 is 0 Å². The van der Waals surface area contributed by atoms with Crippen molar-refractivity contribution in [2.24, 2.45) is 5.92 Å². The van der Waals surface area contributed by atoms with Crippen molar-refractivity contribution in [3.63, 3.8) is 0 Å². The zero-order chi connectivity index (χ0) is 30.1. The van der Waals surface area contributed by atoms with Gasteiger partial charge in [0.15, 0.2) is 0 Å². The van der Waals surface area contributed by atoms with E-state index < -0.39 is 44.8 Å². The van der Waals surface area contributed by atoms with Crippen molar-refractivity contribution in [3.05, 3.63) is 126 Å². The molecule has 218 valence electrons. The zero-order valence-corrected chi connectivity index (χ0v) is 22.7. The molecular weight excluding hydrogens is 574 g/mol. The first kappa shape index (κ1) is 29.3. The molecule has 0 unspecified atom stereocenters. The number of amides is 1. The van der Waals surface area contributed by atoms with Gasteiger partial charge in [0.25, 0.3) is 0 Å². The third-order valence-corrected chi connectivity index (χ3v) is 8.35. The van der Waals surface area contributed by atoms with E-state index in [0.717, 1.165) is 17.2 Å². The molecule has 2 N–H and O–H groups in total. The van der Waals surface area contributed by atoms with Crippen molar-refractivity contribution >= 4 is 16.0 Å². The fourth-order valence-electron chi connectivity index (χ4n) is 5.25. The molecule has 0 aromatic heterocycles. The van der Waals surface area contributed by atoms with Gasteiger partial charge < -0.3 is 14.6 Å². The lowest BCUT2D eigenvalue weighted by molar-refractivity contribution is -0.140. The Morgan fingerprint density at radius 2 is 1.50 bits per heavy atom. The molecule has 0 aliphatic carbocycles. The molecule has 1 aliphatic rings. The average Bonchev–Trinajstić information content (AvgIpc) is 2.96. The molecule has 11 heteroatoms. The molecule has 1 heterocycles. The minimum absolute atomic E-state index is 0.190. The maximum Gasteiger partial charge on any atom is 0.534 e. The quantitative estimate of drug-likeness (QED) is 0.103. The first-order valence-corrected chi connectivity index (χ1v) is 14.3. The van der Waals surface area contributed by atoms with Gasteiger partial charge in [-0.15, -0.1) is 0 Å². The van der Waals surface area contributed by atoms with Crippen LogP contribution in [0.1, 0.15) is 35.6 Å². The standard InChI is InChI=1S/C31H25F4NO5S/c32-25-15-11-21(12-16-25)28(37)18-17-27-29(38)36-30(27,23-6-2-1-3-7-23)24-13-9-20(10-14-24)22-5-4-8-26(19-22)41-42(39,40)31(33,34)35/h1-16,19,27-28,37H,17-18H2,(H,36,38)/t27-,28-,30-/m0/s1. The number of nitrogens with one attached hydrogen (secondary N) is 1. The van der Waals surface area contributed by atoms with E-state index in [-0.39, 0.29) is 12.3 Å². The Hall–Kier alpha value is -4.22. The lowest BCUT2D eigenvalue weighted by atomic mass is 9.64. The van der Waals surface area contributed by atoms with Gasteiger partial charge in [-0.2, -0.15) is 21.6 Å². The van der Waals surface area contributed by atoms with Gasteiger partial charge in [0, 0.05) is 0 Å². The molecular formula is C31H25F4NO5S. The van der Waals surface area contributed by atoms with Crippen LogP contribution in [-0.2, 0) is 20.5 Å². The number of alkyl halides is 3. The van der Waals surface area contributed by atoms with Crippen molar-refractivity contribution in [3.8, 4) is 16.9 Å². The van der Waals surface area contributed by atoms with Crippen LogP contribution in [0.5, 0.6) is 5.75 Å². The average molecular weight is 600 g/mol. The summed E-state index contributed by atoms with van der Waals surface area (Å²) in [6.07, 6.45) is -0.316. The second-order valence-corrected chi connectivity index (χ2v) is 11.5. The van der Waals surface area contributed by atoms with Gasteiger partial charge in [0.2, 0.25) is 5.91 Å². The van der Waals surface area contributed by atoms with Gasteiger partial charge >= 0.3 is 15.6 Å². The van der Waals surface area contributed by atoms with E-state index in [9.17, 15) is 35.9 Å². The fraction of sp³-hybridized carbons (Fsp3) is 0.194. The van der Waals surface area contributed by atoms with Crippen LogP contribution < -0.4 is 9.50 Å². The van der Waals surface area contributed by atoms with Gasteiger partial charge in [0.1, 0.15) is 17.1 Å². The SMILES string of the molecule is O=C1N[C@@](c2ccccc2)(c2ccc(-c3cccc(OS(=O)(=O)C(F)(F)F)c3)cc2)[C@H]1CC[C@H](O)c1ccc(F)cc1. The minimum atomic E-state index is -5.82. The molecule has 4 aromatic carbocycles. The van der Waals surface area contributed by atoms with Crippen molar-refractivity contribution in [1.82, 2.24) is 5.32 Å². The second kappa shape index (κ2) is 11.2. The molecule has 5 rings (SSSR count). The normalized spacial score (nSPS) is 19.5. The highest BCUT2D eigenvalue weighted by atomic mass is 32.2. The number of hydrogen-bond acceptors (Lipinski definition) is 5. The number of aliphatic hydroxyl groups is 1. The number of β-lactam (4-membered cyclic amide) rings is 1. The minimum Gasteiger partial charge on any atom is -0.388 e. The first-order chi connectivity index (χ1) is 19.9. The van der Waals surface area contributed by atoms with Gasteiger partial charge in [-0.25, -0.2) is 4.39 Å². The predicted octanol–water partition coefficient (Wildman–Crippen LogP) is 6.22. The van der Waals surface area contributed by atoms with E-state index in [0.29, 0.717) is 23.1 Å². The number of benzene rings is 4. The smallest absolute Gasteiger partial charge is 0.388 e. The third-order valence-electron chi connectivity index (χ3n) is 7.37. The van der Waals surface area contributed by atoms with E-state index in [2.05, 4.69) is 9.50 Å². The van der Waals surface area contributed by atoms with Crippen LogP contribution in [-0.4, -0.2) is 24.9 Å². The Morgan fingerprint density at radius 1 is 0.857 bits per heavy atom. The lowest BCUT2D eigenvalue weighted by Crippen LogP contribution is -2.67. The van der Waals surface area contributed by atoms with Crippen LogP contribution >= 0.6 is 0 Å². The molecule has 4 aromatic rings. The number of aliphatic hydroxyl groups excluding tert-OH is 1. The van der Waals surface area contributed by atoms with Gasteiger partial charge in [0.05, 0.1) is 12.0 Å². The summed E-state index contributed by atoms with van der Waals surface area (Å²) >= 11 is 0. The van der Waals surface area contributed by atoms with Gasteiger partial charge in [-0.1, -0.05) is 78.9 Å². The van der Waals surface area contributed by atoms with Crippen molar-refractivity contribution in [1.29, 1.82) is 0 Å². The number of halogens is 4. The number of carbonyl (C=O) groups excluding carboxylic acids is 1. The predicted molar refractivity (Wildman–Crippen MR) is 147 cm³/mol. The molecule has 0 radical (unpaired) electrons. The van der Waals surface area contributed by atoms with E-state index in [1.54, 1.807) is 30.3 Å². The summed E-state index contributed by atoms with van der Waals surface area (Å²) < 4.78 is 78.7. The van der Waals surface area contributed by atoms with Crippen molar-refractivity contribution in [2.75, 3.05) is 0 Å². The first-order valence-electron chi connectivity index (χ1n) is 12.9. The van der Waals surface area contributed by atoms with Gasteiger partial charge in [-0.05, 0) is 64.9 Å². The van der Waals surface area contributed by atoms with Crippen molar-refractivity contribution in [2.45, 2.75) is 30.0 Å². The van der Waals surface area contributed by atoms with Crippen LogP contribution in [0, 0.1) is 11.7 Å². The zero-order valence-electron chi connectivity index (χ0n) is 21.9. The molecule has 0 spiro atoms. The van der Waals surface area contributed by atoms with Crippen LogP contribution in [0.2, 0.25) is 0 Å². The topological polar surface area (TPSA) is 92.7 Å².